The highest BCUT2D eigenvalue weighted by molar-refractivity contribution is 6.01. The third-order valence-corrected chi connectivity index (χ3v) is 10.0. The highest BCUT2D eigenvalue weighted by Gasteiger charge is 2.34. The molecule has 12 heteroatoms. The van der Waals surface area contributed by atoms with E-state index in [0.717, 1.165) is 47.5 Å². The van der Waals surface area contributed by atoms with Gasteiger partial charge in [0.15, 0.2) is 11.5 Å². The van der Waals surface area contributed by atoms with Gasteiger partial charge in [-0.1, -0.05) is 54.0 Å². The van der Waals surface area contributed by atoms with Gasteiger partial charge in [0.2, 0.25) is 17.7 Å². The van der Waals surface area contributed by atoms with Crippen molar-refractivity contribution in [2.24, 2.45) is 0 Å². The van der Waals surface area contributed by atoms with Gasteiger partial charge in [0.05, 0.1) is 0 Å². The summed E-state index contributed by atoms with van der Waals surface area (Å²) in [6.07, 6.45) is 11.6. The Morgan fingerprint density at radius 1 is 0.831 bits per heavy atom. The number of terminal acetylenes is 1. The fourth-order valence-electron chi connectivity index (χ4n) is 6.94. The van der Waals surface area contributed by atoms with E-state index in [1.54, 1.807) is 29.2 Å². The Kier molecular flexibility index (Phi) is 14.9. The number of aromatic nitrogens is 1. The zero-order chi connectivity index (χ0) is 41.4. The van der Waals surface area contributed by atoms with Crippen LogP contribution in [0.1, 0.15) is 78.5 Å². The van der Waals surface area contributed by atoms with Crippen molar-refractivity contribution in [2.75, 3.05) is 18.1 Å². The maximum absolute atomic E-state index is 14.1. The molecule has 0 saturated heterocycles. The maximum atomic E-state index is 14.1. The molecule has 1 aliphatic rings. The number of unbranched alkanes of at least 4 members (excludes halogenated alkanes) is 3. The number of amides is 3. The number of benzene rings is 4. The number of anilines is 1. The normalized spacial score (nSPS) is 12.1. The van der Waals surface area contributed by atoms with Crippen molar-refractivity contribution in [1.82, 2.24) is 15.8 Å². The molecule has 0 radical (unpaired) electrons. The van der Waals surface area contributed by atoms with Crippen LogP contribution in [-0.2, 0) is 33.8 Å². The van der Waals surface area contributed by atoms with Crippen LogP contribution in [0.3, 0.4) is 0 Å². The molecule has 4 aromatic carbocycles. The Morgan fingerprint density at radius 2 is 1.59 bits per heavy atom. The minimum atomic E-state index is -1.20. The van der Waals surface area contributed by atoms with Gasteiger partial charge in [-0.05, 0) is 110 Å². The maximum Gasteiger partial charge on any atom is 0.358 e. The van der Waals surface area contributed by atoms with Crippen molar-refractivity contribution in [3.63, 3.8) is 0 Å². The number of aryl methyl sites for hydroxylation is 1. The molecule has 1 aliphatic carbocycles. The minimum absolute atomic E-state index is 0.0517. The molecule has 0 saturated carbocycles. The Hall–Kier alpha value is -6.87. The second-order valence-corrected chi connectivity index (χ2v) is 14.3. The Bertz CT molecular complexity index is 2230. The van der Waals surface area contributed by atoms with Crippen LogP contribution in [0, 0.1) is 12.3 Å². The van der Waals surface area contributed by atoms with E-state index in [4.69, 9.17) is 20.4 Å². The summed E-state index contributed by atoms with van der Waals surface area (Å²) in [5.41, 5.74) is 4.27. The summed E-state index contributed by atoms with van der Waals surface area (Å²) in [5.74, 6) is 2.97. The summed E-state index contributed by atoms with van der Waals surface area (Å²) in [4.78, 5) is 53.6. The van der Waals surface area contributed by atoms with Crippen LogP contribution < -0.4 is 25.0 Å². The highest BCUT2D eigenvalue weighted by Crippen LogP contribution is 2.34. The SMILES string of the molecule is C#CCCCC(=O)N(c1cccc2c1CCC2)C(COc1ccc(-c2cc(C(=O)O)no2)cc1)C(=O)NCCCCCC(=O)NCc1ccc(Oc2ccccc2)cc1. The first kappa shape index (κ1) is 41.8. The third kappa shape index (κ3) is 11.8. The number of para-hydroxylation sites is 1. The molecule has 12 nitrogen and oxygen atoms in total. The highest BCUT2D eigenvalue weighted by atomic mass is 16.5. The van der Waals surface area contributed by atoms with Gasteiger partial charge in [0.1, 0.15) is 29.9 Å². The van der Waals surface area contributed by atoms with Crippen molar-refractivity contribution in [2.45, 2.75) is 76.8 Å². The molecule has 1 unspecified atom stereocenters. The molecule has 0 fully saturated rings. The van der Waals surface area contributed by atoms with E-state index in [1.807, 2.05) is 66.7 Å². The van der Waals surface area contributed by atoms with Crippen molar-refractivity contribution in [3.05, 3.63) is 126 Å². The van der Waals surface area contributed by atoms with Crippen LogP contribution in [0.5, 0.6) is 17.2 Å². The van der Waals surface area contributed by atoms with Crippen LogP contribution in [0.4, 0.5) is 5.69 Å². The largest absolute Gasteiger partial charge is 0.491 e. The van der Waals surface area contributed by atoms with Crippen LogP contribution in [-0.4, -0.2) is 53.1 Å². The summed E-state index contributed by atoms with van der Waals surface area (Å²) in [6.45, 7) is 0.626. The molecule has 0 bridgehead atoms. The fourth-order valence-corrected chi connectivity index (χ4v) is 6.94. The average molecular weight is 797 g/mol. The molecule has 304 valence electrons. The number of aromatic carboxylic acids is 1. The lowest BCUT2D eigenvalue weighted by Crippen LogP contribution is -2.53. The number of hydrogen-bond donors (Lipinski definition) is 3. The van der Waals surface area contributed by atoms with Gasteiger partial charge in [-0.25, -0.2) is 4.79 Å². The number of nitrogens with one attached hydrogen (secondary N) is 2. The average Bonchev–Trinajstić information content (AvgIpc) is 3.95. The lowest BCUT2D eigenvalue weighted by atomic mass is 10.0. The van der Waals surface area contributed by atoms with Crippen molar-refractivity contribution in [3.8, 4) is 40.9 Å². The second-order valence-electron chi connectivity index (χ2n) is 14.3. The van der Waals surface area contributed by atoms with Crippen molar-refractivity contribution >= 4 is 29.4 Å². The second kappa shape index (κ2) is 21.0. The van der Waals surface area contributed by atoms with Gasteiger partial charge in [-0.15, -0.1) is 12.3 Å². The molecule has 0 spiro atoms. The van der Waals surface area contributed by atoms with Gasteiger partial charge in [-0.2, -0.15) is 0 Å². The number of carbonyl (C=O) groups is 4. The van der Waals surface area contributed by atoms with Gasteiger partial charge in [0.25, 0.3) is 0 Å². The van der Waals surface area contributed by atoms with Crippen LogP contribution in [0.25, 0.3) is 11.3 Å². The smallest absolute Gasteiger partial charge is 0.358 e. The van der Waals surface area contributed by atoms with Gasteiger partial charge < -0.3 is 29.7 Å². The predicted molar refractivity (Wildman–Crippen MR) is 223 cm³/mol. The molecule has 1 heterocycles. The van der Waals surface area contributed by atoms with E-state index in [1.165, 1.54) is 6.07 Å². The lowest BCUT2D eigenvalue weighted by molar-refractivity contribution is -0.127. The number of nitrogens with zero attached hydrogens (tertiary/aromatic N) is 2. The molecule has 0 aliphatic heterocycles. The first-order chi connectivity index (χ1) is 28.8. The molecule has 3 amide bonds. The van der Waals surface area contributed by atoms with E-state index in [-0.39, 0.29) is 42.2 Å². The zero-order valence-electron chi connectivity index (χ0n) is 32.9. The Balaban J connectivity index is 1.05. The van der Waals surface area contributed by atoms with Gasteiger partial charge >= 0.3 is 5.97 Å². The number of ether oxygens (including phenoxy) is 2. The first-order valence-electron chi connectivity index (χ1n) is 19.9. The predicted octanol–water partition coefficient (Wildman–Crippen LogP) is 7.90. The van der Waals surface area contributed by atoms with Crippen LogP contribution in [0.15, 0.2) is 108 Å². The van der Waals surface area contributed by atoms with E-state index >= 15 is 0 Å². The van der Waals surface area contributed by atoms with Crippen LogP contribution in [0.2, 0.25) is 0 Å². The number of hydrogen-bond acceptors (Lipinski definition) is 8. The molecule has 59 heavy (non-hydrogen) atoms. The number of rotatable bonds is 21. The number of carboxylic acids is 1. The summed E-state index contributed by atoms with van der Waals surface area (Å²) < 4.78 is 17.2. The minimum Gasteiger partial charge on any atom is -0.491 e. The standard InChI is InChI=1S/C47H48N4O8/c1-2-3-6-20-45(53)51(41-18-12-14-34-13-11-17-39(34)41)42(32-57-36-27-23-35(24-28-36)43-30-40(47(55)56)50-59-43)46(54)48-29-10-5-9-19-44(52)49-31-33-21-25-38(26-22-33)58-37-15-7-4-8-16-37/h1,4,7-8,12,14-16,18,21-28,30,42H,3,5-6,9-11,13,17,19-20,29,31-32H2,(H,48,54)(H,49,52)(H,55,56). The summed E-state index contributed by atoms with van der Waals surface area (Å²) in [5, 5.41) is 18.8. The third-order valence-electron chi connectivity index (χ3n) is 10.0. The molecular weight excluding hydrogens is 749 g/mol. The number of carboxylic acid groups (broad SMARTS) is 1. The number of fused-ring (bicyclic) bond motifs is 1. The van der Waals surface area contributed by atoms with E-state index in [9.17, 15) is 24.3 Å². The molecule has 5 aromatic rings. The monoisotopic (exact) mass is 796 g/mol. The van der Waals surface area contributed by atoms with E-state index < -0.39 is 12.0 Å². The topological polar surface area (TPSA) is 160 Å². The fraction of sp³-hybridized carbons (Fsp3) is 0.298. The summed E-state index contributed by atoms with van der Waals surface area (Å²) in [6, 6.07) is 30.1. The molecule has 3 N–H and O–H groups in total. The first-order valence-corrected chi connectivity index (χ1v) is 19.9. The van der Waals surface area contributed by atoms with Crippen molar-refractivity contribution < 1.29 is 38.3 Å². The molecule has 1 atom stereocenters. The Labute approximate surface area is 343 Å². The van der Waals surface area contributed by atoms with E-state index in [2.05, 4.69) is 27.8 Å². The lowest BCUT2D eigenvalue weighted by Gasteiger charge is -2.32. The molecule has 6 rings (SSSR count). The summed E-state index contributed by atoms with van der Waals surface area (Å²) in [7, 11) is 0. The number of carbonyl (C=O) groups excluding carboxylic acids is 3. The molecular formula is C47H48N4O8. The van der Waals surface area contributed by atoms with Gasteiger partial charge in [0, 0.05) is 49.7 Å². The quantitative estimate of drug-likeness (QED) is 0.0496. The summed E-state index contributed by atoms with van der Waals surface area (Å²) >= 11 is 0. The van der Waals surface area contributed by atoms with E-state index in [0.29, 0.717) is 68.6 Å². The Morgan fingerprint density at radius 3 is 2.34 bits per heavy atom. The zero-order valence-corrected chi connectivity index (χ0v) is 32.9. The van der Waals surface area contributed by atoms with Crippen LogP contribution >= 0.6 is 0 Å². The van der Waals surface area contributed by atoms with Gasteiger partial charge in [-0.3, -0.25) is 19.3 Å². The van der Waals surface area contributed by atoms with Crippen molar-refractivity contribution in [1.29, 1.82) is 0 Å². The molecule has 1 aromatic heterocycles.